The van der Waals surface area contributed by atoms with E-state index in [0.29, 0.717) is 23.9 Å². The lowest BCUT2D eigenvalue weighted by molar-refractivity contribution is -0.870. The van der Waals surface area contributed by atoms with Crippen LogP contribution in [0.25, 0.3) is 0 Å². The molecule has 0 saturated carbocycles. The molecular weight excluding hydrogens is 1060 g/mol. The zero-order valence-corrected chi connectivity index (χ0v) is 57.3. The summed E-state index contributed by atoms with van der Waals surface area (Å²) in [5.41, 5.74) is 0. The van der Waals surface area contributed by atoms with E-state index in [4.69, 9.17) is 9.05 Å². The third-order valence-corrected chi connectivity index (χ3v) is 17.4. The Bertz CT molecular complexity index is 1600. The molecule has 0 saturated heterocycles. The lowest BCUT2D eigenvalue weighted by Crippen LogP contribution is -2.46. The first-order chi connectivity index (χ1) is 41.0. The van der Waals surface area contributed by atoms with Crippen molar-refractivity contribution in [2.45, 2.75) is 360 Å². The number of hydrogen-bond donors (Lipinski definition) is 2. The van der Waals surface area contributed by atoms with Crippen molar-refractivity contribution in [2.75, 3.05) is 40.9 Å². The van der Waals surface area contributed by atoms with Crippen molar-refractivity contribution in [1.82, 2.24) is 5.32 Å². The summed E-state index contributed by atoms with van der Waals surface area (Å²) in [6.07, 6.45) is 91.3. The lowest BCUT2D eigenvalue weighted by atomic mass is 10.0. The molecule has 1 amide bonds. The minimum absolute atomic E-state index is 0.0124. The van der Waals surface area contributed by atoms with Crippen molar-refractivity contribution in [3.63, 3.8) is 0 Å². The lowest BCUT2D eigenvalue weighted by Gasteiger charge is -2.30. The fraction of sp³-hybridized carbons (Fsp3) is 0.827. The molecule has 0 aromatic heterocycles. The van der Waals surface area contributed by atoms with Crippen molar-refractivity contribution in [3.8, 4) is 0 Å². The maximum Gasteiger partial charge on any atom is 0.268 e. The molecule has 0 radical (unpaired) electrons. The zero-order chi connectivity index (χ0) is 61.2. The quantitative estimate of drug-likeness (QED) is 0.0272. The number of amides is 1. The predicted molar refractivity (Wildman–Crippen MR) is 367 cm³/mol. The van der Waals surface area contributed by atoms with Gasteiger partial charge in [-0.2, -0.15) is 0 Å². The summed E-state index contributed by atoms with van der Waals surface area (Å²) in [5.74, 6) is -0.160. The molecule has 0 fully saturated rings. The van der Waals surface area contributed by atoms with Gasteiger partial charge in [-0.15, -0.1) is 0 Å². The van der Waals surface area contributed by atoms with Gasteiger partial charge in [0.05, 0.1) is 39.9 Å². The highest BCUT2D eigenvalue weighted by Gasteiger charge is 2.24. The Labute approximate surface area is 523 Å². The number of likely N-dealkylation sites (N-methyl/N-ethyl adjacent to an activating group) is 1. The Morgan fingerprint density at radius 2 is 0.726 bits per heavy atom. The molecule has 0 aliphatic rings. The van der Waals surface area contributed by atoms with E-state index < -0.39 is 20.0 Å². The Kier molecular flexibility index (Phi) is 63.8. The number of unbranched alkanes of at least 4 members (excludes halogenated alkanes) is 42. The van der Waals surface area contributed by atoms with Crippen LogP contribution in [0.15, 0.2) is 72.9 Å². The fourth-order valence-electron chi connectivity index (χ4n) is 10.9. The van der Waals surface area contributed by atoms with Crippen LogP contribution in [0.2, 0.25) is 0 Å². The molecule has 0 heterocycles. The Balaban J connectivity index is 3.99. The fourth-order valence-corrected chi connectivity index (χ4v) is 11.6. The highest BCUT2D eigenvalue weighted by atomic mass is 31.2. The van der Waals surface area contributed by atoms with Gasteiger partial charge in [-0.3, -0.25) is 9.36 Å². The van der Waals surface area contributed by atoms with E-state index in [9.17, 15) is 19.4 Å². The topological polar surface area (TPSA) is 108 Å². The molecule has 0 bridgehead atoms. The van der Waals surface area contributed by atoms with E-state index >= 15 is 0 Å². The number of carbonyl (C=O) groups excluding carboxylic acids is 1. The smallest absolute Gasteiger partial charge is 0.268 e. The van der Waals surface area contributed by atoms with Crippen LogP contribution in [0.1, 0.15) is 348 Å². The molecular formula is C75H141N2O6P. The molecule has 2 N–H and O–H groups in total. The van der Waals surface area contributed by atoms with Gasteiger partial charge in [-0.25, -0.2) is 0 Å². The number of quaternary nitrogens is 1. The summed E-state index contributed by atoms with van der Waals surface area (Å²) in [7, 11) is 1.32. The molecule has 0 aromatic rings. The molecule has 84 heavy (non-hydrogen) atoms. The first-order valence-electron chi connectivity index (χ1n) is 36.3. The summed E-state index contributed by atoms with van der Waals surface area (Å²) in [4.78, 5) is 25.7. The van der Waals surface area contributed by atoms with Crippen LogP contribution >= 0.6 is 7.82 Å². The number of carbonyl (C=O) groups is 1. The summed E-state index contributed by atoms with van der Waals surface area (Å²) in [6.45, 7) is 4.65. The van der Waals surface area contributed by atoms with Crippen molar-refractivity contribution < 1.29 is 32.9 Å². The second kappa shape index (κ2) is 65.4. The third-order valence-electron chi connectivity index (χ3n) is 16.5. The van der Waals surface area contributed by atoms with Crippen molar-refractivity contribution in [2.24, 2.45) is 0 Å². The summed E-state index contributed by atoms with van der Waals surface area (Å²) in [5, 5.41) is 14.1. The van der Waals surface area contributed by atoms with E-state index in [1.165, 1.54) is 244 Å². The number of aliphatic hydroxyl groups excluding tert-OH is 1. The summed E-state index contributed by atoms with van der Waals surface area (Å²) in [6, 6.07) is -0.804. The zero-order valence-electron chi connectivity index (χ0n) is 56.4. The van der Waals surface area contributed by atoms with E-state index in [1.54, 1.807) is 0 Å². The third kappa shape index (κ3) is 67.4. The van der Waals surface area contributed by atoms with Gasteiger partial charge in [0.15, 0.2) is 0 Å². The van der Waals surface area contributed by atoms with Gasteiger partial charge >= 0.3 is 0 Å². The average Bonchev–Trinajstić information content (AvgIpc) is 3.56. The minimum Gasteiger partial charge on any atom is -0.756 e. The number of nitrogens with zero attached hydrogens (tertiary/aromatic N) is 1. The number of aliphatic hydroxyl groups is 1. The molecule has 9 heteroatoms. The predicted octanol–water partition coefficient (Wildman–Crippen LogP) is 22.7. The van der Waals surface area contributed by atoms with Crippen LogP contribution < -0.4 is 10.2 Å². The van der Waals surface area contributed by atoms with E-state index in [1.807, 2.05) is 21.1 Å². The molecule has 0 aliphatic heterocycles. The van der Waals surface area contributed by atoms with Gasteiger partial charge in [0.2, 0.25) is 5.91 Å². The normalized spacial score (nSPS) is 14.0. The molecule has 0 spiro atoms. The molecule has 0 aromatic carbocycles. The molecule has 3 unspecified atom stereocenters. The first kappa shape index (κ1) is 81.9. The largest absolute Gasteiger partial charge is 0.756 e. The second-order valence-electron chi connectivity index (χ2n) is 25.9. The standard InChI is InChI=1S/C75H141N2O6P/c1-6-8-10-12-14-16-18-20-22-24-26-28-30-32-33-34-35-36-37-38-39-40-41-42-43-45-47-49-51-53-55-57-59-61-63-65-67-69-75(79)76-73(72-83-84(80,81)82-71-70-77(3,4)5)74(78)68-66-64-62-60-58-56-54-52-50-48-46-44-31-29-27-25-23-21-19-17-15-13-11-9-7-2/h8,10,14,16,20,22,26,28,32-33,35-36,73-74,78H,6-7,9,11-13,15,17-19,21,23-25,27,29-31,34,37-72H2,1-5H3,(H-,76,79,80,81)/b10-8-,16-14-,22-20-,28-26-,33-32-,36-35-. The van der Waals surface area contributed by atoms with Crippen molar-refractivity contribution >= 4 is 13.7 Å². The summed E-state index contributed by atoms with van der Waals surface area (Å²) >= 11 is 0. The first-order valence-corrected chi connectivity index (χ1v) is 37.7. The van der Waals surface area contributed by atoms with Gasteiger partial charge < -0.3 is 28.8 Å². The summed E-state index contributed by atoms with van der Waals surface area (Å²) < 4.78 is 23.6. The van der Waals surface area contributed by atoms with Crippen LogP contribution in [0, 0.1) is 0 Å². The molecule has 8 nitrogen and oxygen atoms in total. The molecule has 0 aliphatic carbocycles. The minimum atomic E-state index is -4.58. The van der Waals surface area contributed by atoms with Crippen molar-refractivity contribution in [1.29, 1.82) is 0 Å². The van der Waals surface area contributed by atoms with Gasteiger partial charge in [0, 0.05) is 6.42 Å². The maximum atomic E-state index is 13.1. The van der Waals surface area contributed by atoms with Crippen molar-refractivity contribution in [3.05, 3.63) is 72.9 Å². The number of allylic oxidation sites excluding steroid dienone is 12. The van der Waals surface area contributed by atoms with Crippen LogP contribution in [-0.2, 0) is 18.4 Å². The highest BCUT2D eigenvalue weighted by molar-refractivity contribution is 7.45. The van der Waals surface area contributed by atoms with E-state index in [2.05, 4.69) is 92.1 Å². The Hall–Kier alpha value is -2.06. The number of phosphoric ester groups is 1. The monoisotopic (exact) mass is 1200 g/mol. The van der Waals surface area contributed by atoms with Crippen LogP contribution in [0.5, 0.6) is 0 Å². The molecule has 0 rings (SSSR count). The van der Waals surface area contributed by atoms with Crippen LogP contribution in [0.4, 0.5) is 0 Å². The molecule has 492 valence electrons. The number of rotatable bonds is 67. The number of phosphoric acid groups is 1. The Morgan fingerprint density at radius 3 is 1.06 bits per heavy atom. The van der Waals surface area contributed by atoms with Gasteiger partial charge in [0.1, 0.15) is 13.2 Å². The van der Waals surface area contributed by atoms with Crippen LogP contribution in [-0.4, -0.2) is 68.5 Å². The number of nitrogens with one attached hydrogen (secondary N) is 1. The van der Waals surface area contributed by atoms with E-state index in [0.717, 1.165) is 77.0 Å². The van der Waals surface area contributed by atoms with Gasteiger partial charge in [-0.1, -0.05) is 350 Å². The highest BCUT2D eigenvalue weighted by Crippen LogP contribution is 2.38. The van der Waals surface area contributed by atoms with E-state index in [-0.39, 0.29) is 19.1 Å². The Morgan fingerprint density at radius 1 is 0.429 bits per heavy atom. The molecule has 3 atom stereocenters. The second-order valence-corrected chi connectivity index (χ2v) is 27.3. The number of hydrogen-bond acceptors (Lipinski definition) is 6. The van der Waals surface area contributed by atoms with Crippen LogP contribution in [0.3, 0.4) is 0 Å². The van der Waals surface area contributed by atoms with Gasteiger partial charge in [-0.05, 0) is 64.2 Å². The maximum absolute atomic E-state index is 13.1. The van der Waals surface area contributed by atoms with Gasteiger partial charge in [0.25, 0.3) is 7.82 Å². The average molecular weight is 1200 g/mol. The SMILES string of the molecule is CC/C=C\C/C=C\C/C=C\C/C=C\C/C=C\C/C=C\CCCCCCCCCCCCCCCCCCCCC(=O)NC(COP(=O)([O-])OCC[N+](C)(C)C)C(O)CCCCCCCCCCCCCCCCCCCCCCCCCCC.